The van der Waals surface area contributed by atoms with Crippen LogP contribution in [-0.4, -0.2) is 19.5 Å². The van der Waals surface area contributed by atoms with Crippen molar-refractivity contribution in [2.45, 2.75) is 19.3 Å². The summed E-state index contributed by atoms with van der Waals surface area (Å²) in [6, 6.07) is 59.4. The Hall–Kier alpha value is -7.83. The monoisotopic (exact) mass is 770 g/mol. The maximum absolute atomic E-state index is 6.82. The summed E-state index contributed by atoms with van der Waals surface area (Å²) in [6.07, 6.45) is 0. The number of hydrogen-bond donors (Lipinski definition) is 0. The van der Waals surface area contributed by atoms with Crippen molar-refractivity contribution >= 4 is 65.7 Å². The fourth-order valence-electron chi connectivity index (χ4n) is 9.81. The van der Waals surface area contributed by atoms with Crippen LogP contribution < -0.4 is 0 Å². The third kappa shape index (κ3) is 4.61. The number of benzene rings is 8. The summed E-state index contributed by atoms with van der Waals surface area (Å²) < 4.78 is 15.3. The fraction of sp³-hybridized carbons (Fsp3) is 0.0556. The summed E-state index contributed by atoms with van der Waals surface area (Å²) in [5, 5.41) is 6.32. The van der Waals surface area contributed by atoms with Crippen LogP contribution >= 0.6 is 0 Å². The second-order valence-corrected chi connectivity index (χ2v) is 16.4. The van der Waals surface area contributed by atoms with Crippen molar-refractivity contribution in [3.8, 4) is 51.0 Å². The molecule has 4 aromatic heterocycles. The topological polar surface area (TPSA) is 69.9 Å². The molecule has 1 aliphatic carbocycles. The second kappa shape index (κ2) is 12.1. The lowest BCUT2D eigenvalue weighted by atomic mass is 9.82. The first-order valence-corrected chi connectivity index (χ1v) is 20.4. The Kier molecular flexibility index (Phi) is 6.69. The van der Waals surface area contributed by atoms with Gasteiger partial charge in [0, 0.05) is 49.0 Å². The van der Waals surface area contributed by atoms with E-state index in [0.29, 0.717) is 17.6 Å². The fourth-order valence-corrected chi connectivity index (χ4v) is 9.81. The Morgan fingerprint density at radius 3 is 1.90 bits per heavy atom. The lowest BCUT2D eigenvalue weighted by molar-refractivity contribution is 0.660. The van der Waals surface area contributed by atoms with Gasteiger partial charge in [0.1, 0.15) is 22.3 Å². The molecule has 1 aliphatic rings. The van der Waals surface area contributed by atoms with Crippen LogP contribution in [0.2, 0.25) is 0 Å². The first-order valence-electron chi connectivity index (χ1n) is 20.4. The van der Waals surface area contributed by atoms with Gasteiger partial charge >= 0.3 is 0 Å². The van der Waals surface area contributed by atoms with Crippen LogP contribution in [0, 0.1) is 0 Å². The highest BCUT2D eigenvalue weighted by molar-refractivity contribution is 6.27. The number of aromatic nitrogens is 4. The number of para-hydroxylation sites is 3. The highest BCUT2D eigenvalue weighted by Crippen LogP contribution is 2.50. The molecule has 0 amide bonds. The summed E-state index contributed by atoms with van der Waals surface area (Å²) in [5.41, 5.74) is 14.2. The van der Waals surface area contributed by atoms with Gasteiger partial charge < -0.3 is 8.83 Å². The van der Waals surface area contributed by atoms with Gasteiger partial charge in [0.05, 0.1) is 16.4 Å². The van der Waals surface area contributed by atoms with Crippen LogP contribution in [0.1, 0.15) is 25.0 Å². The zero-order valence-electron chi connectivity index (χ0n) is 32.8. The molecule has 8 aromatic carbocycles. The van der Waals surface area contributed by atoms with Gasteiger partial charge in [-0.1, -0.05) is 141 Å². The maximum atomic E-state index is 6.82. The quantitative estimate of drug-likeness (QED) is 0.178. The molecule has 12 aromatic rings. The Labute approximate surface area is 344 Å². The van der Waals surface area contributed by atoms with Crippen LogP contribution in [0.4, 0.5) is 0 Å². The van der Waals surface area contributed by atoms with Crippen molar-refractivity contribution in [2.24, 2.45) is 0 Å². The van der Waals surface area contributed by atoms with Crippen LogP contribution in [0.3, 0.4) is 0 Å². The van der Waals surface area contributed by atoms with E-state index in [4.69, 9.17) is 23.8 Å². The Morgan fingerprint density at radius 1 is 0.433 bits per heavy atom. The Morgan fingerprint density at radius 2 is 1.07 bits per heavy atom. The van der Waals surface area contributed by atoms with Gasteiger partial charge in [0.15, 0.2) is 11.6 Å². The minimum atomic E-state index is -0.179. The molecule has 0 saturated heterocycles. The van der Waals surface area contributed by atoms with Gasteiger partial charge in [-0.2, -0.15) is 9.97 Å². The first-order chi connectivity index (χ1) is 29.5. The third-order valence-corrected chi connectivity index (χ3v) is 12.7. The van der Waals surface area contributed by atoms with E-state index in [1.54, 1.807) is 0 Å². The summed E-state index contributed by atoms with van der Waals surface area (Å²) in [7, 11) is 0. The van der Waals surface area contributed by atoms with Crippen molar-refractivity contribution in [2.75, 3.05) is 0 Å². The van der Waals surface area contributed by atoms with Crippen molar-refractivity contribution in [1.29, 1.82) is 0 Å². The molecule has 13 rings (SSSR count). The standard InChI is InChI=1S/C54H34N4O2/c1-54(2)42-20-10-6-16-34(42)35-26-24-33(29-43(35)54)52-55-51(31-14-4-3-5-15-31)56-53(57-52)58-44-21-11-7-19-38(44)48-49(58)39(30-41-37-18-9-13-23-46(37)60-50(41)48)32-25-27-47-40(28-32)36-17-8-12-22-45(36)59-47/h3-30H,1-2H3. The Balaban J connectivity index is 1.14. The molecule has 0 fully saturated rings. The van der Waals surface area contributed by atoms with Crippen molar-refractivity contribution in [1.82, 2.24) is 19.5 Å². The van der Waals surface area contributed by atoms with E-state index in [-0.39, 0.29) is 5.41 Å². The van der Waals surface area contributed by atoms with Gasteiger partial charge in [-0.25, -0.2) is 4.98 Å². The van der Waals surface area contributed by atoms with Crippen molar-refractivity contribution in [3.05, 3.63) is 181 Å². The summed E-state index contributed by atoms with van der Waals surface area (Å²) in [4.78, 5) is 16.0. The highest BCUT2D eigenvalue weighted by Gasteiger charge is 2.35. The maximum Gasteiger partial charge on any atom is 0.238 e. The molecule has 0 unspecified atom stereocenters. The molecule has 0 spiro atoms. The zero-order chi connectivity index (χ0) is 39.7. The van der Waals surface area contributed by atoms with E-state index in [1.807, 2.05) is 42.5 Å². The average molecular weight is 771 g/mol. The highest BCUT2D eigenvalue weighted by atomic mass is 16.3. The minimum absolute atomic E-state index is 0.179. The SMILES string of the molecule is CC1(C)c2ccccc2-c2ccc(-c3nc(-c4ccccc4)nc(-n4c5ccccc5c5c6oc7ccccc7c6cc(-c6ccc7oc8ccccc8c7c6)c54)n3)cc21. The van der Waals surface area contributed by atoms with Crippen LogP contribution in [0.5, 0.6) is 0 Å². The van der Waals surface area contributed by atoms with E-state index >= 15 is 0 Å². The third-order valence-electron chi connectivity index (χ3n) is 12.7. The van der Waals surface area contributed by atoms with Gasteiger partial charge in [-0.05, 0) is 70.3 Å². The van der Waals surface area contributed by atoms with E-state index in [9.17, 15) is 0 Å². The molecular formula is C54H34N4O2. The van der Waals surface area contributed by atoms with E-state index < -0.39 is 0 Å². The molecule has 0 bridgehead atoms. The summed E-state index contributed by atoms with van der Waals surface area (Å²) >= 11 is 0. The summed E-state index contributed by atoms with van der Waals surface area (Å²) in [5.74, 6) is 1.74. The number of hydrogen-bond acceptors (Lipinski definition) is 5. The molecule has 282 valence electrons. The molecule has 6 heteroatoms. The molecule has 6 nitrogen and oxygen atoms in total. The molecule has 60 heavy (non-hydrogen) atoms. The number of furan rings is 2. The van der Waals surface area contributed by atoms with Gasteiger partial charge in [0.2, 0.25) is 5.95 Å². The molecule has 0 saturated carbocycles. The number of fused-ring (bicyclic) bond motifs is 13. The average Bonchev–Trinajstić information content (AvgIpc) is 4.03. The smallest absolute Gasteiger partial charge is 0.238 e. The van der Waals surface area contributed by atoms with E-state index in [1.165, 1.54) is 22.3 Å². The number of nitrogens with zero attached hydrogens (tertiary/aromatic N) is 4. The summed E-state index contributed by atoms with van der Waals surface area (Å²) in [6.45, 7) is 4.61. The minimum Gasteiger partial charge on any atom is -0.456 e. The van der Waals surface area contributed by atoms with Gasteiger partial charge in [-0.15, -0.1) is 0 Å². The molecule has 4 heterocycles. The second-order valence-electron chi connectivity index (χ2n) is 16.4. The van der Waals surface area contributed by atoms with E-state index in [2.05, 4.69) is 146 Å². The zero-order valence-corrected chi connectivity index (χ0v) is 32.8. The normalized spacial score (nSPS) is 13.3. The molecule has 0 aliphatic heterocycles. The largest absolute Gasteiger partial charge is 0.456 e. The molecule has 0 atom stereocenters. The Bertz CT molecular complexity index is 3760. The van der Waals surface area contributed by atoms with Gasteiger partial charge in [-0.3, -0.25) is 4.57 Å². The predicted octanol–water partition coefficient (Wildman–Crippen LogP) is 14.1. The number of rotatable bonds is 4. The lowest BCUT2D eigenvalue weighted by Crippen LogP contribution is -2.15. The lowest BCUT2D eigenvalue weighted by Gasteiger charge is -2.21. The van der Waals surface area contributed by atoms with Crippen molar-refractivity contribution in [3.63, 3.8) is 0 Å². The molecule has 0 N–H and O–H groups in total. The van der Waals surface area contributed by atoms with E-state index in [0.717, 1.165) is 87.9 Å². The van der Waals surface area contributed by atoms with Crippen LogP contribution in [0.25, 0.3) is 117 Å². The van der Waals surface area contributed by atoms with Crippen LogP contribution in [-0.2, 0) is 5.41 Å². The van der Waals surface area contributed by atoms with Crippen LogP contribution in [0.15, 0.2) is 179 Å². The molecular weight excluding hydrogens is 737 g/mol. The predicted molar refractivity (Wildman–Crippen MR) is 243 cm³/mol. The molecule has 0 radical (unpaired) electrons. The van der Waals surface area contributed by atoms with Crippen molar-refractivity contribution < 1.29 is 8.83 Å². The first kappa shape index (κ1) is 33.2. The van der Waals surface area contributed by atoms with Gasteiger partial charge in [0.25, 0.3) is 0 Å².